The normalized spacial score (nSPS) is 21.8. The van der Waals surface area contributed by atoms with Crippen molar-refractivity contribution in [1.82, 2.24) is 14.3 Å². The van der Waals surface area contributed by atoms with E-state index in [0.29, 0.717) is 11.6 Å². The molecule has 0 saturated carbocycles. The molecule has 0 N–H and O–H groups in total. The summed E-state index contributed by atoms with van der Waals surface area (Å²) >= 11 is 7.24. The van der Waals surface area contributed by atoms with Crippen LogP contribution in [0.15, 0.2) is 52.7 Å². The first-order valence-corrected chi connectivity index (χ1v) is 10.9. The third kappa shape index (κ3) is 5.46. The highest BCUT2D eigenvalue weighted by Gasteiger charge is 2.35. The summed E-state index contributed by atoms with van der Waals surface area (Å²) < 4.78 is 10.8. The molecule has 7 heteroatoms. The van der Waals surface area contributed by atoms with E-state index in [-0.39, 0.29) is 5.92 Å². The summed E-state index contributed by atoms with van der Waals surface area (Å²) in [5.74, 6) is 0.900. The zero-order valence-corrected chi connectivity index (χ0v) is 19.1. The number of hydrogen-bond donors (Lipinski definition) is 0. The Hall–Kier alpha value is -2.18. The first-order chi connectivity index (χ1) is 13.8. The van der Waals surface area contributed by atoms with Crippen LogP contribution in [-0.2, 0) is 6.42 Å². The molecule has 5 nitrogen and oxygen atoms in total. The number of benzene rings is 1. The highest BCUT2D eigenvalue weighted by atomic mass is 35.5. The molecule has 29 heavy (non-hydrogen) atoms. The van der Waals surface area contributed by atoms with Gasteiger partial charge in [0.25, 0.3) is 5.19 Å². The van der Waals surface area contributed by atoms with Crippen molar-refractivity contribution in [2.24, 2.45) is 10.9 Å². The van der Waals surface area contributed by atoms with E-state index < -0.39 is 5.60 Å². The lowest BCUT2D eigenvalue weighted by Gasteiger charge is -2.34. The van der Waals surface area contributed by atoms with Gasteiger partial charge < -0.3 is 9.64 Å². The summed E-state index contributed by atoms with van der Waals surface area (Å²) in [6.07, 6.45) is 6.82. The summed E-state index contributed by atoms with van der Waals surface area (Å²) in [7, 11) is 2.01. The van der Waals surface area contributed by atoms with Crippen LogP contribution in [0.1, 0.15) is 39.1 Å². The monoisotopic (exact) mass is 430 g/mol. The summed E-state index contributed by atoms with van der Waals surface area (Å²) in [4.78, 5) is 11.2. The van der Waals surface area contributed by atoms with Gasteiger partial charge >= 0.3 is 0 Å². The highest BCUT2D eigenvalue weighted by molar-refractivity contribution is 7.07. The molecule has 2 unspecified atom stereocenters. The topological polar surface area (TPSA) is 50.6 Å². The van der Waals surface area contributed by atoms with E-state index in [9.17, 15) is 0 Å². The Bertz CT molecular complexity index is 935. The van der Waals surface area contributed by atoms with E-state index in [4.69, 9.17) is 16.3 Å². The first kappa shape index (κ1) is 21.5. The van der Waals surface area contributed by atoms with Gasteiger partial charge in [0.15, 0.2) is 5.82 Å². The fourth-order valence-corrected chi connectivity index (χ4v) is 3.78. The highest BCUT2D eigenvalue weighted by Crippen LogP contribution is 2.35. The van der Waals surface area contributed by atoms with Crippen molar-refractivity contribution in [3.63, 3.8) is 0 Å². The number of ether oxygens (including phenoxy) is 1. The maximum Gasteiger partial charge on any atom is 0.294 e. The minimum atomic E-state index is -0.489. The molecule has 0 amide bonds. The molecule has 1 aromatic carbocycles. The molecule has 3 rings (SSSR count). The molecule has 2 aromatic rings. The minimum absolute atomic E-state index is 0.147. The molecule has 2 atom stereocenters. The van der Waals surface area contributed by atoms with Crippen LogP contribution >= 0.6 is 23.1 Å². The molecule has 0 spiro atoms. The van der Waals surface area contributed by atoms with Crippen molar-refractivity contribution < 1.29 is 4.74 Å². The summed E-state index contributed by atoms with van der Waals surface area (Å²) in [6, 6.07) is 7.74. The summed E-state index contributed by atoms with van der Waals surface area (Å²) in [5, 5.41) is 1.31. The van der Waals surface area contributed by atoms with Gasteiger partial charge in [0, 0.05) is 42.5 Å². The Kier molecular flexibility index (Phi) is 6.75. The summed E-state index contributed by atoms with van der Waals surface area (Å²) in [5.41, 5.74) is 2.71. The Morgan fingerprint density at radius 1 is 1.34 bits per heavy atom. The molecule has 1 heterocycles. The molecule has 0 radical (unpaired) electrons. The lowest BCUT2D eigenvalue weighted by atomic mass is 9.83. The number of halogens is 1. The fourth-order valence-electron chi connectivity index (χ4n) is 3.00. The van der Waals surface area contributed by atoms with Gasteiger partial charge in [0.1, 0.15) is 5.60 Å². The zero-order valence-electron chi connectivity index (χ0n) is 17.5. The maximum absolute atomic E-state index is 6.30. The van der Waals surface area contributed by atoms with Crippen molar-refractivity contribution in [2.75, 3.05) is 13.6 Å². The SMILES string of the molecule is CCN(C)C=NC1=CC(C)C(C)(Oc2nc(Cc3ccc(Cl)cc3)ns2)C=C1C. The molecule has 0 bridgehead atoms. The van der Waals surface area contributed by atoms with Crippen LogP contribution in [0.3, 0.4) is 0 Å². The number of aromatic nitrogens is 2. The van der Waals surface area contributed by atoms with Crippen molar-refractivity contribution in [1.29, 1.82) is 0 Å². The lowest BCUT2D eigenvalue weighted by molar-refractivity contribution is 0.0985. The van der Waals surface area contributed by atoms with E-state index in [1.807, 2.05) is 42.6 Å². The molecule has 1 aliphatic carbocycles. The third-order valence-corrected chi connectivity index (χ3v) is 6.03. The van der Waals surface area contributed by atoms with E-state index in [1.54, 1.807) is 0 Å². The van der Waals surface area contributed by atoms with Gasteiger partial charge in [-0.25, -0.2) is 4.99 Å². The maximum atomic E-state index is 6.30. The average molecular weight is 431 g/mol. The van der Waals surface area contributed by atoms with Crippen molar-refractivity contribution in [3.8, 4) is 5.19 Å². The second kappa shape index (κ2) is 9.09. The predicted octanol–water partition coefficient (Wildman–Crippen LogP) is 5.38. The molecular weight excluding hydrogens is 404 g/mol. The van der Waals surface area contributed by atoms with Crippen molar-refractivity contribution in [2.45, 2.75) is 39.7 Å². The van der Waals surface area contributed by atoms with Crippen LogP contribution in [0.2, 0.25) is 5.02 Å². The second-order valence-corrected chi connectivity index (χ2v) is 8.70. The number of nitrogens with zero attached hydrogens (tertiary/aromatic N) is 4. The average Bonchev–Trinajstić information content (AvgIpc) is 3.11. The molecule has 0 fully saturated rings. The van der Waals surface area contributed by atoms with Gasteiger partial charge in [-0.2, -0.15) is 9.36 Å². The molecule has 154 valence electrons. The van der Waals surface area contributed by atoms with Gasteiger partial charge in [0.05, 0.1) is 12.0 Å². The Morgan fingerprint density at radius 3 is 2.76 bits per heavy atom. The lowest BCUT2D eigenvalue weighted by Crippen LogP contribution is -2.39. The molecule has 0 aliphatic heterocycles. The van der Waals surface area contributed by atoms with Crippen LogP contribution < -0.4 is 4.74 Å². The van der Waals surface area contributed by atoms with E-state index in [2.05, 4.69) is 54.2 Å². The quantitative estimate of drug-likeness (QED) is 0.437. The van der Waals surface area contributed by atoms with Gasteiger partial charge in [-0.1, -0.05) is 36.7 Å². The largest absolute Gasteiger partial charge is 0.458 e. The van der Waals surface area contributed by atoms with Crippen molar-refractivity contribution >= 4 is 29.5 Å². The smallest absolute Gasteiger partial charge is 0.294 e. The summed E-state index contributed by atoms with van der Waals surface area (Å²) in [6.45, 7) is 9.30. The number of allylic oxidation sites excluding steroid dienone is 1. The predicted molar refractivity (Wildman–Crippen MR) is 121 cm³/mol. The Morgan fingerprint density at radius 2 is 2.07 bits per heavy atom. The number of aliphatic imine (C=N–C) groups is 1. The Labute approximate surface area is 182 Å². The molecule has 1 aliphatic rings. The van der Waals surface area contributed by atoms with Crippen LogP contribution in [0.4, 0.5) is 0 Å². The van der Waals surface area contributed by atoms with Gasteiger partial charge in [-0.15, -0.1) is 0 Å². The van der Waals surface area contributed by atoms with E-state index in [0.717, 1.165) is 34.2 Å². The van der Waals surface area contributed by atoms with Crippen LogP contribution in [0.5, 0.6) is 5.19 Å². The van der Waals surface area contributed by atoms with E-state index >= 15 is 0 Å². The molecule has 1 aromatic heterocycles. The van der Waals surface area contributed by atoms with Crippen molar-refractivity contribution in [3.05, 3.63) is 64.1 Å². The molecule has 0 saturated heterocycles. The van der Waals surface area contributed by atoms with Crippen LogP contribution in [0.25, 0.3) is 0 Å². The number of rotatable bonds is 7. The molecular formula is C22H27ClN4OS. The number of hydrogen-bond acceptors (Lipinski definition) is 5. The van der Waals surface area contributed by atoms with Crippen LogP contribution in [-0.4, -0.2) is 39.8 Å². The van der Waals surface area contributed by atoms with Gasteiger partial charge in [0.2, 0.25) is 0 Å². The zero-order chi connectivity index (χ0) is 21.0. The van der Waals surface area contributed by atoms with Crippen LogP contribution in [0, 0.1) is 5.92 Å². The second-order valence-electron chi connectivity index (χ2n) is 7.55. The van der Waals surface area contributed by atoms with E-state index in [1.165, 1.54) is 11.5 Å². The van der Waals surface area contributed by atoms with Gasteiger partial charge in [-0.05, 0) is 50.1 Å². The third-order valence-electron chi connectivity index (χ3n) is 5.14. The standard InChI is InChI=1S/C22H27ClN4OS/c1-6-27(5)14-24-19-11-16(3)22(4,13-15(19)2)28-21-25-20(26-29-21)12-17-7-9-18(23)10-8-17/h7-11,13-14,16H,6,12H2,1-5H3. The first-order valence-electron chi connectivity index (χ1n) is 9.71. The van der Waals surface area contributed by atoms with Gasteiger partial charge in [-0.3, -0.25) is 0 Å². The fraction of sp³-hybridized carbons (Fsp3) is 0.409. The minimum Gasteiger partial charge on any atom is -0.458 e. The Balaban J connectivity index is 1.70.